The lowest BCUT2D eigenvalue weighted by molar-refractivity contribution is -0.123. The molecule has 0 aliphatic rings. The van der Waals surface area contributed by atoms with Crippen LogP contribution < -0.4 is 0 Å². The number of carbonyl (C=O) groups excluding carboxylic acids is 1. The highest BCUT2D eigenvalue weighted by Crippen LogP contribution is 1.78. The van der Waals surface area contributed by atoms with Crippen LogP contribution in [0, 0.1) is 0 Å². The van der Waals surface area contributed by atoms with E-state index in [1.54, 1.807) is 19.3 Å². The molecule has 0 saturated heterocycles. The van der Waals surface area contributed by atoms with Crippen molar-refractivity contribution in [2.45, 2.75) is 13.8 Å². The Balaban J connectivity index is 3.77. The van der Waals surface area contributed by atoms with Crippen molar-refractivity contribution in [3.8, 4) is 0 Å². The van der Waals surface area contributed by atoms with E-state index in [2.05, 4.69) is 4.99 Å². The molecular formula is C7H12N2O. The molecule has 0 aliphatic heterocycles. The summed E-state index contributed by atoms with van der Waals surface area (Å²) in [6, 6.07) is 0. The molecule has 10 heavy (non-hydrogen) atoms. The third-order valence-corrected chi connectivity index (χ3v) is 0.972. The first-order valence-electron chi connectivity index (χ1n) is 3.06. The topological polar surface area (TPSA) is 32.7 Å². The quantitative estimate of drug-likeness (QED) is 0.416. The molecule has 0 heterocycles. The second kappa shape index (κ2) is 4.73. The predicted molar refractivity (Wildman–Crippen MR) is 41.8 cm³/mol. The second-order valence-electron chi connectivity index (χ2n) is 1.88. The summed E-state index contributed by atoms with van der Waals surface area (Å²) >= 11 is 0. The van der Waals surface area contributed by atoms with E-state index in [0.717, 1.165) is 0 Å². The van der Waals surface area contributed by atoms with Gasteiger partial charge in [0.25, 0.3) is 0 Å². The van der Waals surface area contributed by atoms with Gasteiger partial charge in [-0.2, -0.15) is 0 Å². The molecule has 0 rings (SSSR count). The molecule has 3 nitrogen and oxygen atoms in total. The first-order valence-corrected chi connectivity index (χ1v) is 3.06. The normalized spacial score (nSPS) is 11.1. The fourth-order valence-electron chi connectivity index (χ4n) is 0.306. The lowest BCUT2D eigenvalue weighted by Gasteiger charge is -2.04. The maximum absolute atomic E-state index is 10.5. The molecule has 0 N–H and O–H groups in total. The summed E-state index contributed by atoms with van der Waals surface area (Å²) < 4.78 is 0. The minimum atomic E-state index is -0.0201. The summed E-state index contributed by atoms with van der Waals surface area (Å²) in [5, 5.41) is 0. The van der Waals surface area contributed by atoms with Crippen molar-refractivity contribution in [3.63, 3.8) is 0 Å². The van der Waals surface area contributed by atoms with E-state index < -0.39 is 0 Å². The smallest absolute Gasteiger partial charge is 0.224 e. The van der Waals surface area contributed by atoms with Crippen LogP contribution in [0.4, 0.5) is 0 Å². The van der Waals surface area contributed by atoms with Crippen LogP contribution in [-0.2, 0) is 4.79 Å². The van der Waals surface area contributed by atoms with Crippen LogP contribution in [0.2, 0.25) is 0 Å². The molecule has 0 atom stereocenters. The van der Waals surface area contributed by atoms with Gasteiger partial charge in [0.1, 0.15) is 0 Å². The van der Waals surface area contributed by atoms with Crippen molar-refractivity contribution in [2.24, 2.45) is 4.99 Å². The van der Waals surface area contributed by atoms with Crippen LogP contribution in [-0.4, -0.2) is 24.2 Å². The van der Waals surface area contributed by atoms with Crippen LogP contribution >= 0.6 is 0 Å². The van der Waals surface area contributed by atoms with Gasteiger partial charge in [-0.25, -0.2) is 4.99 Å². The first-order chi connectivity index (χ1) is 4.68. The van der Waals surface area contributed by atoms with Gasteiger partial charge in [-0.3, -0.25) is 4.79 Å². The largest absolute Gasteiger partial charge is 0.306 e. The number of allylic oxidation sites excluding steroid dienone is 1. The lowest BCUT2D eigenvalue weighted by Crippen LogP contribution is -2.21. The molecule has 1 amide bonds. The number of hydrogen-bond donors (Lipinski definition) is 0. The maximum Gasteiger partial charge on any atom is 0.224 e. The van der Waals surface area contributed by atoms with E-state index in [4.69, 9.17) is 0 Å². The van der Waals surface area contributed by atoms with Crippen LogP contribution in [0.1, 0.15) is 13.8 Å². The first kappa shape index (κ1) is 8.88. The molecule has 56 valence electrons. The minimum absolute atomic E-state index is 0.0201. The summed E-state index contributed by atoms with van der Waals surface area (Å²) in [6.45, 7) is 3.35. The Bertz CT molecular complexity index is 161. The van der Waals surface area contributed by atoms with E-state index in [1.165, 1.54) is 18.2 Å². The average Bonchev–Trinajstić information content (AvgIpc) is 1.88. The number of rotatable bonds is 2. The molecule has 0 bridgehead atoms. The van der Waals surface area contributed by atoms with Gasteiger partial charge in [-0.15, -0.1) is 0 Å². The summed E-state index contributed by atoms with van der Waals surface area (Å²) in [4.78, 5) is 15.8. The van der Waals surface area contributed by atoms with Crippen molar-refractivity contribution in [1.29, 1.82) is 0 Å². The summed E-state index contributed by atoms with van der Waals surface area (Å²) in [6.07, 6.45) is 4.90. The fraction of sp³-hybridized carbons (Fsp3) is 0.429. The van der Waals surface area contributed by atoms with Crippen molar-refractivity contribution >= 4 is 12.2 Å². The van der Waals surface area contributed by atoms with Gasteiger partial charge in [0.15, 0.2) is 0 Å². The Kier molecular flexibility index (Phi) is 4.20. The number of amides is 1. The Morgan fingerprint density at radius 1 is 1.60 bits per heavy atom. The second-order valence-corrected chi connectivity index (χ2v) is 1.88. The van der Waals surface area contributed by atoms with Gasteiger partial charge < -0.3 is 4.90 Å². The molecule has 0 aromatic carbocycles. The molecule has 0 radical (unpaired) electrons. The number of nitrogens with zero attached hydrogens (tertiary/aromatic N) is 2. The van der Waals surface area contributed by atoms with Crippen molar-refractivity contribution < 1.29 is 4.79 Å². The van der Waals surface area contributed by atoms with E-state index in [9.17, 15) is 4.79 Å². The molecule has 0 aromatic heterocycles. The van der Waals surface area contributed by atoms with E-state index >= 15 is 0 Å². The van der Waals surface area contributed by atoms with Crippen LogP contribution in [0.5, 0.6) is 0 Å². The minimum Gasteiger partial charge on any atom is -0.306 e. The lowest BCUT2D eigenvalue weighted by atomic mass is 10.6. The highest BCUT2D eigenvalue weighted by Gasteiger charge is 1.93. The molecule has 0 unspecified atom stereocenters. The van der Waals surface area contributed by atoms with Crippen LogP contribution in [0.25, 0.3) is 0 Å². The van der Waals surface area contributed by atoms with Gasteiger partial charge in [-0.05, 0) is 6.92 Å². The van der Waals surface area contributed by atoms with Gasteiger partial charge in [0.05, 0.1) is 6.34 Å². The average molecular weight is 140 g/mol. The van der Waals surface area contributed by atoms with Gasteiger partial charge >= 0.3 is 0 Å². The summed E-state index contributed by atoms with van der Waals surface area (Å²) in [7, 11) is 1.66. The molecule has 0 aliphatic carbocycles. The predicted octanol–water partition coefficient (Wildman–Crippen LogP) is 1.03. The highest BCUT2D eigenvalue weighted by atomic mass is 16.2. The number of hydrogen-bond acceptors (Lipinski definition) is 2. The molecule has 0 saturated carbocycles. The molecule has 0 spiro atoms. The third-order valence-electron chi connectivity index (χ3n) is 0.972. The maximum atomic E-state index is 10.5. The number of aliphatic imine (C=N–C) groups is 1. The summed E-state index contributed by atoms with van der Waals surface area (Å²) in [5.41, 5.74) is 0. The van der Waals surface area contributed by atoms with Crippen LogP contribution in [0.15, 0.2) is 17.3 Å². The van der Waals surface area contributed by atoms with E-state index in [0.29, 0.717) is 0 Å². The van der Waals surface area contributed by atoms with Crippen molar-refractivity contribution in [2.75, 3.05) is 7.05 Å². The van der Waals surface area contributed by atoms with Crippen LogP contribution in [0.3, 0.4) is 0 Å². The highest BCUT2D eigenvalue weighted by molar-refractivity contribution is 5.85. The Morgan fingerprint density at radius 3 is 2.60 bits per heavy atom. The van der Waals surface area contributed by atoms with E-state index in [-0.39, 0.29) is 5.91 Å². The zero-order valence-electron chi connectivity index (χ0n) is 6.53. The van der Waals surface area contributed by atoms with Crippen molar-refractivity contribution in [3.05, 3.63) is 12.3 Å². The fourth-order valence-corrected chi connectivity index (χ4v) is 0.306. The standard InChI is InChI=1S/C7H12N2O/c1-4-5-8-6-9(3)7(2)10/h4-6H,1-3H3/b5-4-,8-6-. The monoisotopic (exact) mass is 140 g/mol. The van der Waals surface area contributed by atoms with Gasteiger partial charge in [0.2, 0.25) is 5.91 Å². The summed E-state index contributed by atoms with van der Waals surface area (Å²) in [5.74, 6) is -0.0201. The Hall–Kier alpha value is -1.12. The SMILES string of the molecule is C/C=C\N=C/N(C)C(C)=O. The Morgan fingerprint density at radius 2 is 2.20 bits per heavy atom. The molecular weight excluding hydrogens is 128 g/mol. The van der Waals surface area contributed by atoms with Gasteiger partial charge in [-0.1, -0.05) is 6.08 Å². The third kappa shape index (κ3) is 3.83. The zero-order chi connectivity index (χ0) is 7.98. The number of carbonyl (C=O) groups is 1. The molecule has 0 aromatic rings. The molecule has 3 heteroatoms. The molecule has 0 fully saturated rings. The Labute approximate surface area is 61.1 Å². The van der Waals surface area contributed by atoms with Gasteiger partial charge in [0, 0.05) is 20.2 Å². The zero-order valence-corrected chi connectivity index (χ0v) is 6.53. The van der Waals surface area contributed by atoms with E-state index in [1.807, 2.05) is 6.92 Å². The van der Waals surface area contributed by atoms with Crippen molar-refractivity contribution in [1.82, 2.24) is 4.90 Å².